The molecule has 4 heteroatoms. The van der Waals surface area contributed by atoms with E-state index >= 15 is 0 Å². The van der Waals surface area contributed by atoms with Gasteiger partial charge in [-0.2, -0.15) is 11.3 Å². The van der Waals surface area contributed by atoms with Crippen LogP contribution in [-0.4, -0.2) is 24.5 Å². The SMILES string of the molecule is CN(C)C(C)(C)C(NN)c1ccsc1. The normalized spacial score (nSPS) is 14.7. The maximum atomic E-state index is 5.62. The van der Waals surface area contributed by atoms with E-state index < -0.39 is 0 Å². The van der Waals surface area contributed by atoms with Crippen molar-refractivity contribution in [2.75, 3.05) is 14.1 Å². The van der Waals surface area contributed by atoms with E-state index in [4.69, 9.17) is 5.84 Å². The van der Waals surface area contributed by atoms with Crippen LogP contribution in [0, 0.1) is 0 Å². The van der Waals surface area contributed by atoms with Crippen LogP contribution in [0.1, 0.15) is 25.5 Å². The lowest BCUT2D eigenvalue weighted by atomic mass is 9.89. The second-order valence-electron chi connectivity index (χ2n) is 4.20. The maximum Gasteiger partial charge on any atom is 0.0646 e. The third-order valence-electron chi connectivity index (χ3n) is 2.90. The van der Waals surface area contributed by atoms with Crippen molar-refractivity contribution in [3.63, 3.8) is 0 Å². The summed E-state index contributed by atoms with van der Waals surface area (Å²) < 4.78 is 0. The first-order valence-corrected chi connectivity index (χ1v) is 5.60. The van der Waals surface area contributed by atoms with Crippen molar-refractivity contribution in [2.24, 2.45) is 5.84 Å². The molecule has 0 saturated carbocycles. The number of rotatable bonds is 4. The molecule has 3 nitrogen and oxygen atoms in total. The van der Waals surface area contributed by atoms with Gasteiger partial charge in [0, 0.05) is 5.54 Å². The second kappa shape index (κ2) is 4.40. The molecule has 80 valence electrons. The molecule has 1 unspecified atom stereocenters. The van der Waals surface area contributed by atoms with Gasteiger partial charge in [0.2, 0.25) is 0 Å². The van der Waals surface area contributed by atoms with Crippen LogP contribution in [0.2, 0.25) is 0 Å². The van der Waals surface area contributed by atoms with Gasteiger partial charge in [0.25, 0.3) is 0 Å². The summed E-state index contributed by atoms with van der Waals surface area (Å²) in [7, 11) is 4.13. The van der Waals surface area contributed by atoms with Gasteiger partial charge in [-0.25, -0.2) is 0 Å². The maximum absolute atomic E-state index is 5.62. The third kappa shape index (κ3) is 2.15. The van der Waals surface area contributed by atoms with Crippen LogP contribution in [0.3, 0.4) is 0 Å². The minimum absolute atomic E-state index is 0.00414. The molecule has 0 aliphatic carbocycles. The number of hydrogen-bond donors (Lipinski definition) is 2. The molecule has 0 bridgehead atoms. The number of likely N-dealkylation sites (N-methyl/N-ethyl adjacent to an activating group) is 1. The average molecular weight is 213 g/mol. The summed E-state index contributed by atoms with van der Waals surface area (Å²) in [5, 5.41) is 4.21. The van der Waals surface area contributed by atoms with Crippen molar-refractivity contribution in [1.82, 2.24) is 10.3 Å². The zero-order chi connectivity index (χ0) is 10.8. The van der Waals surface area contributed by atoms with Gasteiger partial charge in [0.05, 0.1) is 6.04 Å². The second-order valence-corrected chi connectivity index (χ2v) is 4.98. The summed E-state index contributed by atoms with van der Waals surface area (Å²) >= 11 is 1.70. The molecule has 0 aromatic carbocycles. The molecule has 0 aliphatic rings. The van der Waals surface area contributed by atoms with Crippen molar-refractivity contribution in [1.29, 1.82) is 0 Å². The smallest absolute Gasteiger partial charge is 0.0646 e. The van der Waals surface area contributed by atoms with E-state index in [-0.39, 0.29) is 11.6 Å². The lowest BCUT2D eigenvalue weighted by Crippen LogP contribution is -2.51. The minimum atomic E-state index is -0.00414. The average Bonchev–Trinajstić information content (AvgIpc) is 2.57. The first kappa shape index (κ1) is 11.7. The summed E-state index contributed by atoms with van der Waals surface area (Å²) in [6.07, 6.45) is 0. The molecule has 0 amide bonds. The van der Waals surface area contributed by atoms with Crippen LogP contribution >= 0.6 is 11.3 Å². The number of nitrogens with zero attached hydrogens (tertiary/aromatic N) is 1. The standard InChI is InChI=1S/C10H19N3S/c1-10(2,13(3)4)9(12-11)8-5-6-14-7-8/h5-7,9,12H,11H2,1-4H3. The fourth-order valence-corrected chi connectivity index (χ4v) is 2.09. The molecule has 14 heavy (non-hydrogen) atoms. The number of nitrogens with two attached hydrogens (primary N) is 1. The van der Waals surface area contributed by atoms with Gasteiger partial charge in [-0.05, 0) is 50.3 Å². The lowest BCUT2D eigenvalue weighted by Gasteiger charge is -2.39. The van der Waals surface area contributed by atoms with Crippen molar-refractivity contribution in [2.45, 2.75) is 25.4 Å². The zero-order valence-corrected chi connectivity index (χ0v) is 10.1. The van der Waals surface area contributed by atoms with E-state index in [0.29, 0.717) is 0 Å². The molecule has 0 aliphatic heterocycles. The Bertz CT molecular complexity index is 267. The highest BCUT2D eigenvalue weighted by atomic mass is 32.1. The fourth-order valence-electron chi connectivity index (χ4n) is 1.41. The van der Waals surface area contributed by atoms with E-state index in [1.807, 2.05) is 0 Å². The van der Waals surface area contributed by atoms with Gasteiger partial charge in [0.15, 0.2) is 0 Å². The Balaban J connectivity index is 2.92. The third-order valence-corrected chi connectivity index (χ3v) is 3.60. The number of thiophene rings is 1. The Morgan fingerprint density at radius 1 is 1.50 bits per heavy atom. The minimum Gasteiger partial charge on any atom is -0.302 e. The van der Waals surface area contributed by atoms with E-state index in [1.165, 1.54) is 5.56 Å². The molecule has 1 rings (SSSR count). The number of nitrogens with one attached hydrogen (secondary N) is 1. The molecule has 1 heterocycles. The van der Waals surface area contributed by atoms with Gasteiger partial charge in [-0.1, -0.05) is 0 Å². The molecule has 1 aromatic heterocycles. The fraction of sp³-hybridized carbons (Fsp3) is 0.600. The van der Waals surface area contributed by atoms with Crippen molar-refractivity contribution < 1.29 is 0 Å². The quantitative estimate of drug-likeness (QED) is 0.589. The molecular formula is C10H19N3S. The van der Waals surface area contributed by atoms with Crippen LogP contribution in [0.5, 0.6) is 0 Å². The Kier molecular flexibility index (Phi) is 3.66. The number of hydrazine groups is 1. The first-order chi connectivity index (χ1) is 6.50. The highest BCUT2D eigenvalue weighted by molar-refractivity contribution is 7.07. The summed E-state index contributed by atoms with van der Waals surface area (Å²) in [5.41, 5.74) is 4.13. The topological polar surface area (TPSA) is 41.3 Å². The Morgan fingerprint density at radius 2 is 2.14 bits per heavy atom. The zero-order valence-electron chi connectivity index (χ0n) is 9.24. The molecule has 3 N–H and O–H groups in total. The van der Waals surface area contributed by atoms with Crippen molar-refractivity contribution >= 4 is 11.3 Å². The summed E-state index contributed by atoms with van der Waals surface area (Å²) in [6.45, 7) is 4.35. The largest absolute Gasteiger partial charge is 0.302 e. The van der Waals surface area contributed by atoms with E-state index in [0.717, 1.165) is 0 Å². The van der Waals surface area contributed by atoms with Crippen LogP contribution < -0.4 is 11.3 Å². The summed E-state index contributed by atoms with van der Waals surface area (Å²) in [4.78, 5) is 2.18. The summed E-state index contributed by atoms with van der Waals surface area (Å²) in [5.74, 6) is 5.62. The van der Waals surface area contributed by atoms with Gasteiger partial charge in [0.1, 0.15) is 0 Å². The molecule has 1 atom stereocenters. The monoisotopic (exact) mass is 213 g/mol. The van der Waals surface area contributed by atoms with Gasteiger partial charge in [-0.15, -0.1) is 0 Å². The van der Waals surface area contributed by atoms with Crippen LogP contribution in [0.4, 0.5) is 0 Å². The van der Waals surface area contributed by atoms with Gasteiger partial charge in [-0.3, -0.25) is 11.3 Å². The van der Waals surface area contributed by atoms with Gasteiger partial charge < -0.3 is 4.90 Å². The summed E-state index contributed by atoms with van der Waals surface area (Å²) in [6, 6.07) is 2.27. The lowest BCUT2D eigenvalue weighted by molar-refractivity contribution is 0.138. The first-order valence-electron chi connectivity index (χ1n) is 4.65. The molecule has 0 radical (unpaired) electrons. The molecule has 0 fully saturated rings. The van der Waals surface area contributed by atoms with Gasteiger partial charge >= 0.3 is 0 Å². The number of hydrogen-bond acceptors (Lipinski definition) is 4. The van der Waals surface area contributed by atoms with E-state index in [9.17, 15) is 0 Å². The Morgan fingerprint density at radius 3 is 2.50 bits per heavy atom. The predicted octanol–water partition coefficient (Wildman–Crippen LogP) is 1.59. The van der Waals surface area contributed by atoms with Crippen molar-refractivity contribution in [3.05, 3.63) is 22.4 Å². The highest BCUT2D eigenvalue weighted by Gasteiger charge is 2.32. The molecule has 0 saturated heterocycles. The van der Waals surface area contributed by atoms with E-state index in [1.54, 1.807) is 11.3 Å². The molecule has 1 aromatic rings. The Hall–Kier alpha value is -0.420. The van der Waals surface area contributed by atoms with Crippen LogP contribution in [-0.2, 0) is 0 Å². The Labute approximate surface area is 89.9 Å². The van der Waals surface area contributed by atoms with Crippen LogP contribution in [0.25, 0.3) is 0 Å². The van der Waals surface area contributed by atoms with Crippen molar-refractivity contribution in [3.8, 4) is 0 Å². The highest BCUT2D eigenvalue weighted by Crippen LogP contribution is 2.29. The molecule has 0 spiro atoms. The van der Waals surface area contributed by atoms with E-state index in [2.05, 4.69) is 55.1 Å². The van der Waals surface area contributed by atoms with Crippen LogP contribution in [0.15, 0.2) is 16.8 Å². The predicted molar refractivity (Wildman–Crippen MR) is 62.1 cm³/mol. The molecular weight excluding hydrogens is 194 g/mol.